The number of anilines is 1. The number of morpholine rings is 1. The fourth-order valence-electron chi connectivity index (χ4n) is 2.15. The molecule has 1 heterocycles. The van der Waals surface area contributed by atoms with Crippen molar-refractivity contribution in [3.63, 3.8) is 0 Å². The number of nitrogens with one attached hydrogen (secondary N) is 2. The average molecular weight is 291 g/mol. The van der Waals surface area contributed by atoms with E-state index in [2.05, 4.69) is 10.6 Å². The Kier molecular flexibility index (Phi) is 5.57. The Labute approximate surface area is 124 Å². The van der Waals surface area contributed by atoms with E-state index in [4.69, 9.17) is 4.74 Å². The van der Waals surface area contributed by atoms with E-state index in [1.165, 1.54) is 0 Å². The van der Waals surface area contributed by atoms with Crippen molar-refractivity contribution < 1.29 is 14.3 Å². The fourth-order valence-corrected chi connectivity index (χ4v) is 2.15. The third kappa shape index (κ3) is 4.75. The molecule has 1 aliphatic rings. The van der Waals surface area contributed by atoms with Gasteiger partial charge in [-0.2, -0.15) is 0 Å². The molecule has 0 saturated carbocycles. The van der Waals surface area contributed by atoms with E-state index in [0.717, 1.165) is 5.69 Å². The molecule has 0 spiro atoms. The summed E-state index contributed by atoms with van der Waals surface area (Å²) in [4.78, 5) is 25.7. The van der Waals surface area contributed by atoms with Gasteiger partial charge in [0.05, 0.1) is 19.8 Å². The zero-order valence-electron chi connectivity index (χ0n) is 12.2. The van der Waals surface area contributed by atoms with Crippen LogP contribution in [0.2, 0.25) is 0 Å². The summed E-state index contributed by atoms with van der Waals surface area (Å²) in [7, 11) is 0. The number of amides is 2. The van der Waals surface area contributed by atoms with Crippen molar-refractivity contribution in [1.29, 1.82) is 0 Å². The van der Waals surface area contributed by atoms with E-state index < -0.39 is 6.04 Å². The molecule has 1 aromatic carbocycles. The van der Waals surface area contributed by atoms with Crippen molar-refractivity contribution in [2.24, 2.45) is 0 Å². The molecule has 1 atom stereocenters. The van der Waals surface area contributed by atoms with Gasteiger partial charge in [-0.3, -0.25) is 9.59 Å². The first-order chi connectivity index (χ1) is 10.2. The van der Waals surface area contributed by atoms with E-state index in [0.29, 0.717) is 26.3 Å². The Morgan fingerprint density at radius 3 is 2.57 bits per heavy atom. The summed E-state index contributed by atoms with van der Waals surface area (Å²) in [6, 6.07) is 8.95. The second-order valence-electron chi connectivity index (χ2n) is 4.95. The molecule has 6 nitrogen and oxygen atoms in total. The van der Waals surface area contributed by atoms with Gasteiger partial charge in [0.25, 0.3) is 0 Å². The Morgan fingerprint density at radius 2 is 1.90 bits per heavy atom. The van der Waals surface area contributed by atoms with Crippen LogP contribution < -0.4 is 10.6 Å². The smallest absolute Gasteiger partial charge is 0.245 e. The van der Waals surface area contributed by atoms with Crippen LogP contribution in [-0.2, 0) is 14.3 Å². The van der Waals surface area contributed by atoms with Crippen LogP contribution in [0.5, 0.6) is 0 Å². The minimum absolute atomic E-state index is 0.0636. The molecule has 0 bridgehead atoms. The number of benzene rings is 1. The number of carbonyl (C=O) groups is 2. The summed E-state index contributed by atoms with van der Waals surface area (Å²) < 4.78 is 5.21. The predicted octanol–water partition coefficient (Wildman–Crippen LogP) is 0.462. The van der Waals surface area contributed by atoms with E-state index >= 15 is 0 Å². The highest BCUT2D eigenvalue weighted by molar-refractivity contribution is 5.89. The van der Waals surface area contributed by atoms with Gasteiger partial charge in [0.1, 0.15) is 6.04 Å². The Bertz CT molecular complexity index is 472. The number of ether oxygens (including phenoxy) is 1. The third-order valence-corrected chi connectivity index (χ3v) is 3.30. The van der Waals surface area contributed by atoms with Gasteiger partial charge in [0, 0.05) is 18.8 Å². The van der Waals surface area contributed by atoms with Crippen molar-refractivity contribution >= 4 is 17.5 Å². The van der Waals surface area contributed by atoms with Crippen LogP contribution in [0.1, 0.15) is 6.92 Å². The first kappa shape index (κ1) is 15.3. The van der Waals surface area contributed by atoms with Crippen molar-refractivity contribution in [2.75, 3.05) is 38.2 Å². The number of hydrogen-bond donors (Lipinski definition) is 2. The van der Waals surface area contributed by atoms with Crippen molar-refractivity contribution in [3.8, 4) is 0 Å². The standard InChI is InChI=1S/C15H21N3O3/c1-12(15(20)18-7-9-21-10-8-18)17-14(19)11-16-13-5-3-2-4-6-13/h2-6,12,16H,7-11H2,1H3,(H,17,19). The molecule has 1 aromatic rings. The Morgan fingerprint density at radius 1 is 1.24 bits per heavy atom. The zero-order chi connectivity index (χ0) is 15.1. The molecule has 6 heteroatoms. The maximum Gasteiger partial charge on any atom is 0.245 e. The van der Waals surface area contributed by atoms with Crippen molar-refractivity contribution in [2.45, 2.75) is 13.0 Å². The van der Waals surface area contributed by atoms with Gasteiger partial charge in [-0.15, -0.1) is 0 Å². The quantitative estimate of drug-likeness (QED) is 0.827. The molecule has 1 unspecified atom stereocenters. The molecule has 21 heavy (non-hydrogen) atoms. The fraction of sp³-hybridized carbons (Fsp3) is 0.467. The highest BCUT2D eigenvalue weighted by Gasteiger charge is 2.23. The van der Waals surface area contributed by atoms with Crippen molar-refractivity contribution in [1.82, 2.24) is 10.2 Å². The molecule has 2 N–H and O–H groups in total. The van der Waals surface area contributed by atoms with Gasteiger partial charge in [-0.1, -0.05) is 18.2 Å². The minimum atomic E-state index is -0.520. The maximum atomic E-state index is 12.1. The van der Waals surface area contributed by atoms with Crippen LogP contribution in [0.15, 0.2) is 30.3 Å². The van der Waals surface area contributed by atoms with Crippen LogP contribution in [0, 0.1) is 0 Å². The number of hydrogen-bond acceptors (Lipinski definition) is 4. The molecule has 2 amide bonds. The highest BCUT2D eigenvalue weighted by Crippen LogP contribution is 2.04. The maximum absolute atomic E-state index is 12.1. The molecular formula is C15H21N3O3. The summed E-state index contributed by atoms with van der Waals surface area (Å²) in [5.74, 6) is -0.265. The summed E-state index contributed by atoms with van der Waals surface area (Å²) in [6.45, 7) is 4.13. The summed E-state index contributed by atoms with van der Waals surface area (Å²) in [6.07, 6.45) is 0. The van der Waals surface area contributed by atoms with Gasteiger partial charge in [0.15, 0.2) is 0 Å². The van der Waals surface area contributed by atoms with Crippen molar-refractivity contribution in [3.05, 3.63) is 30.3 Å². The zero-order valence-corrected chi connectivity index (χ0v) is 12.2. The topological polar surface area (TPSA) is 70.7 Å². The monoisotopic (exact) mass is 291 g/mol. The number of carbonyl (C=O) groups excluding carboxylic acids is 2. The molecule has 2 rings (SSSR count). The van der Waals surface area contributed by atoms with Crippen LogP contribution in [0.3, 0.4) is 0 Å². The van der Waals surface area contributed by atoms with Crippen LogP contribution in [-0.4, -0.2) is 55.6 Å². The second kappa shape index (κ2) is 7.64. The largest absolute Gasteiger partial charge is 0.378 e. The van der Waals surface area contributed by atoms with Gasteiger partial charge >= 0.3 is 0 Å². The number of para-hydroxylation sites is 1. The molecule has 114 valence electrons. The van der Waals surface area contributed by atoms with Crippen LogP contribution in [0.4, 0.5) is 5.69 Å². The van der Waals surface area contributed by atoms with E-state index in [-0.39, 0.29) is 18.4 Å². The molecule has 0 radical (unpaired) electrons. The van der Waals surface area contributed by atoms with E-state index in [1.807, 2.05) is 30.3 Å². The summed E-state index contributed by atoms with van der Waals surface area (Å²) in [5.41, 5.74) is 0.875. The third-order valence-electron chi connectivity index (χ3n) is 3.30. The predicted molar refractivity (Wildman–Crippen MR) is 79.9 cm³/mol. The molecular weight excluding hydrogens is 270 g/mol. The van der Waals surface area contributed by atoms with E-state index in [1.54, 1.807) is 11.8 Å². The Hall–Kier alpha value is -2.08. The second-order valence-corrected chi connectivity index (χ2v) is 4.95. The van der Waals surface area contributed by atoms with Gasteiger partial charge in [-0.25, -0.2) is 0 Å². The lowest BCUT2D eigenvalue weighted by molar-refractivity contribution is -0.139. The van der Waals surface area contributed by atoms with Crippen LogP contribution >= 0.6 is 0 Å². The van der Waals surface area contributed by atoms with Gasteiger partial charge < -0.3 is 20.3 Å². The first-order valence-electron chi connectivity index (χ1n) is 7.11. The normalized spacial score (nSPS) is 16.1. The summed E-state index contributed by atoms with van der Waals surface area (Å²) in [5, 5.41) is 5.73. The minimum Gasteiger partial charge on any atom is -0.378 e. The Balaban J connectivity index is 1.74. The molecule has 1 fully saturated rings. The molecule has 1 aliphatic heterocycles. The first-order valence-corrected chi connectivity index (χ1v) is 7.11. The number of rotatable bonds is 5. The van der Waals surface area contributed by atoms with Gasteiger partial charge in [-0.05, 0) is 19.1 Å². The molecule has 0 aromatic heterocycles. The molecule has 0 aliphatic carbocycles. The highest BCUT2D eigenvalue weighted by atomic mass is 16.5. The van der Waals surface area contributed by atoms with Crippen LogP contribution in [0.25, 0.3) is 0 Å². The SMILES string of the molecule is CC(NC(=O)CNc1ccccc1)C(=O)N1CCOCC1. The summed E-state index contributed by atoms with van der Waals surface area (Å²) >= 11 is 0. The molecule has 1 saturated heterocycles. The lowest BCUT2D eigenvalue weighted by Crippen LogP contribution is -2.51. The lowest BCUT2D eigenvalue weighted by Gasteiger charge is -2.29. The lowest BCUT2D eigenvalue weighted by atomic mass is 10.2. The number of nitrogens with zero attached hydrogens (tertiary/aromatic N) is 1. The van der Waals surface area contributed by atoms with E-state index in [9.17, 15) is 9.59 Å². The van der Waals surface area contributed by atoms with Gasteiger partial charge in [0.2, 0.25) is 11.8 Å². The average Bonchev–Trinajstić information content (AvgIpc) is 2.54.